The highest BCUT2D eigenvalue weighted by molar-refractivity contribution is 7.12. The molecule has 31 heavy (non-hydrogen) atoms. The van der Waals surface area contributed by atoms with E-state index in [0.29, 0.717) is 27.4 Å². The smallest absolute Gasteiger partial charge is 0.338 e. The molecule has 0 spiro atoms. The summed E-state index contributed by atoms with van der Waals surface area (Å²) in [6.07, 6.45) is 0. The van der Waals surface area contributed by atoms with E-state index >= 15 is 0 Å². The van der Waals surface area contributed by atoms with Gasteiger partial charge in [-0.05, 0) is 48.2 Å². The molecule has 0 unspecified atom stereocenters. The lowest BCUT2D eigenvalue weighted by molar-refractivity contribution is 0.0526. The van der Waals surface area contributed by atoms with Crippen molar-refractivity contribution in [3.63, 3.8) is 0 Å². The lowest BCUT2D eigenvalue weighted by Gasteiger charge is -2.12. The van der Waals surface area contributed by atoms with Crippen LogP contribution in [0.15, 0.2) is 72.1 Å². The molecule has 0 fully saturated rings. The number of carbonyl (C=O) groups excluding carboxylic acids is 2. The molecule has 7 heteroatoms. The zero-order valence-electron chi connectivity index (χ0n) is 16.6. The Balaban J connectivity index is 1.92. The highest BCUT2D eigenvalue weighted by Gasteiger charge is 2.30. The Labute approximate surface area is 182 Å². The van der Waals surface area contributed by atoms with Gasteiger partial charge in [0, 0.05) is 5.69 Å². The molecule has 0 aliphatic carbocycles. The van der Waals surface area contributed by atoms with E-state index in [4.69, 9.17) is 4.74 Å². The maximum atomic E-state index is 13.2. The predicted molar refractivity (Wildman–Crippen MR) is 118 cm³/mol. The molecule has 0 saturated heterocycles. The number of rotatable bonds is 6. The number of carbonyl (C=O) groups is 2. The second kappa shape index (κ2) is 8.49. The number of aromatic hydroxyl groups is 2. The molecule has 0 amide bonds. The minimum absolute atomic E-state index is 0.0145. The predicted octanol–water partition coefficient (Wildman–Crippen LogP) is 5.02. The van der Waals surface area contributed by atoms with Crippen LogP contribution in [-0.2, 0) is 4.74 Å². The molecule has 4 aromatic rings. The van der Waals surface area contributed by atoms with Crippen LogP contribution in [0.4, 0.5) is 0 Å². The lowest BCUT2D eigenvalue weighted by atomic mass is 10.0. The summed E-state index contributed by atoms with van der Waals surface area (Å²) >= 11 is 1.26. The number of esters is 1. The molecule has 2 N–H and O–H groups in total. The van der Waals surface area contributed by atoms with Gasteiger partial charge in [0.25, 0.3) is 0 Å². The van der Waals surface area contributed by atoms with Crippen LogP contribution in [0.3, 0.4) is 0 Å². The summed E-state index contributed by atoms with van der Waals surface area (Å²) in [5, 5.41) is 23.3. The fourth-order valence-electron chi connectivity index (χ4n) is 3.38. The Morgan fingerprint density at radius 3 is 2.29 bits per heavy atom. The number of hydrogen-bond donors (Lipinski definition) is 2. The minimum Gasteiger partial charge on any atom is -0.503 e. The zero-order chi connectivity index (χ0) is 22.0. The molecule has 0 bridgehead atoms. The second-order valence-electron chi connectivity index (χ2n) is 6.67. The lowest BCUT2D eigenvalue weighted by Crippen LogP contribution is -2.06. The van der Waals surface area contributed by atoms with E-state index in [1.54, 1.807) is 60.8 Å². The van der Waals surface area contributed by atoms with Crippen LogP contribution in [-0.4, -0.2) is 33.1 Å². The third-order valence-electron chi connectivity index (χ3n) is 4.78. The number of nitrogens with zero attached hydrogens (tertiary/aromatic N) is 1. The zero-order valence-corrected chi connectivity index (χ0v) is 17.4. The van der Waals surface area contributed by atoms with E-state index in [-0.39, 0.29) is 18.0 Å². The van der Waals surface area contributed by atoms with Gasteiger partial charge in [0.1, 0.15) is 0 Å². The molecule has 0 radical (unpaired) electrons. The summed E-state index contributed by atoms with van der Waals surface area (Å²) in [5.74, 6) is -1.79. The van der Waals surface area contributed by atoms with Crippen molar-refractivity contribution in [2.24, 2.45) is 0 Å². The summed E-state index contributed by atoms with van der Waals surface area (Å²) in [5.41, 5.74) is 1.86. The molecule has 2 aromatic heterocycles. The van der Waals surface area contributed by atoms with Crippen molar-refractivity contribution in [3.05, 3.63) is 88.1 Å². The topological polar surface area (TPSA) is 88.8 Å². The Morgan fingerprint density at radius 2 is 1.68 bits per heavy atom. The first-order valence-electron chi connectivity index (χ1n) is 9.60. The number of hydrogen-bond acceptors (Lipinski definition) is 6. The van der Waals surface area contributed by atoms with Crippen LogP contribution in [0.25, 0.3) is 16.9 Å². The fourth-order valence-corrected chi connectivity index (χ4v) is 4.05. The fraction of sp³-hybridized carbons (Fsp3) is 0.0833. The molecule has 4 rings (SSSR count). The van der Waals surface area contributed by atoms with Crippen molar-refractivity contribution in [1.82, 2.24) is 4.57 Å². The summed E-state index contributed by atoms with van der Waals surface area (Å²) in [4.78, 5) is 25.6. The molecule has 0 aliphatic heterocycles. The minimum atomic E-state index is -0.494. The maximum Gasteiger partial charge on any atom is 0.338 e. The van der Waals surface area contributed by atoms with Crippen LogP contribution < -0.4 is 0 Å². The van der Waals surface area contributed by atoms with E-state index < -0.39 is 17.6 Å². The Hall–Kier alpha value is -3.84. The van der Waals surface area contributed by atoms with E-state index in [0.717, 1.165) is 0 Å². The van der Waals surface area contributed by atoms with Crippen molar-refractivity contribution in [2.45, 2.75) is 6.92 Å². The van der Waals surface area contributed by atoms with E-state index in [1.807, 2.05) is 18.2 Å². The van der Waals surface area contributed by atoms with Crippen molar-refractivity contribution in [3.8, 4) is 28.6 Å². The van der Waals surface area contributed by atoms with E-state index in [1.165, 1.54) is 15.9 Å². The van der Waals surface area contributed by atoms with Crippen LogP contribution in [0.1, 0.15) is 32.5 Å². The SMILES string of the molecule is CCOC(=O)c1ccc(-n2c(O)c(O)c(C(=O)c3cccs3)c2-c2ccccc2)cc1. The van der Waals surface area contributed by atoms with Gasteiger partial charge < -0.3 is 14.9 Å². The molecule has 2 aromatic carbocycles. The van der Waals surface area contributed by atoms with Gasteiger partial charge in [-0.1, -0.05) is 36.4 Å². The van der Waals surface area contributed by atoms with Crippen LogP contribution in [0.5, 0.6) is 11.6 Å². The average molecular weight is 433 g/mol. The molecule has 0 saturated carbocycles. The largest absolute Gasteiger partial charge is 0.503 e. The molecule has 6 nitrogen and oxygen atoms in total. The maximum absolute atomic E-state index is 13.2. The van der Waals surface area contributed by atoms with Gasteiger partial charge in [-0.15, -0.1) is 11.3 Å². The standard InChI is InChI=1S/C24H19NO5S/c1-2-30-24(29)16-10-12-17(13-11-16)25-20(15-7-4-3-5-8-15)19(22(27)23(25)28)21(26)18-9-6-14-31-18/h3-14,27-28H,2H2,1H3. The van der Waals surface area contributed by atoms with Gasteiger partial charge in [-0.25, -0.2) is 4.79 Å². The number of ketones is 1. The molecule has 0 aliphatic rings. The first-order valence-corrected chi connectivity index (χ1v) is 10.5. The number of ether oxygens (including phenoxy) is 1. The van der Waals surface area contributed by atoms with Crippen molar-refractivity contribution in [2.75, 3.05) is 6.61 Å². The van der Waals surface area contributed by atoms with E-state index in [2.05, 4.69) is 0 Å². The van der Waals surface area contributed by atoms with Crippen molar-refractivity contribution in [1.29, 1.82) is 0 Å². The molecular formula is C24H19NO5S. The van der Waals surface area contributed by atoms with Gasteiger partial charge in [0.15, 0.2) is 5.75 Å². The highest BCUT2D eigenvalue weighted by Crippen LogP contribution is 2.44. The second-order valence-corrected chi connectivity index (χ2v) is 7.62. The first kappa shape index (κ1) is 20.4. The Morgan fingerprint density at radius 1 is 0.968 bits per heavy atom. The van der Waals surface area contributed by atoms with E-state index in [9.17, 15) is 19.8 Å². The molecule has 0 atom stereocenters. The van der Waals surface area contributed by atoms with Crippen molar-refractivity contribution >= 4 is 23.1 Å². The summed E-state index contributed by atoms with van der Waals surface area (Å²) in [7, 11) is 0. The van der Waals surface area contributed by atoms with Gasteiger partial charge in [-0.3, -0.25) is 9.36 Å². The third-order valence-corrected chi connectivity index (χ3v) is 5.65. The third kappa shape index (κ3) is 3.71. The Bertz CT molecular complexity index is 1230. The summed E-state index contributed by atoms with van der Waals surface area (Å²) in [6.45, 7) is 1.99. The Kier molecular flexibility index (Phi) is 5.60. The number of thiophene rings is 1. The van der Waals surface area contributed by atoms with Crippen LogP contribution in [0.2, 0.25) is 0 Å². The monoisotopic (exact) mass is 433 g/mol. The van der Waals surface area contributed by atoms with Gasteiger partial charge in [0.2, 0.25) is 11.7 Å². The van der Waals surface area contributed by atoms with Gasteiger partial charge in [-0.2, -0.15) is 0 Å². The number of aromatic nitrogens is 1. The first-order chi connectivity index (χ1) is 15.0. The molecule has 156 valence electrons. The normalized spacial score (nSPS) is 10.7. The quantitative estimate of drug-likeness (QED) is 0.329. The number of benzene rings is 2. The highest BCUT2D eigenvalue weighted by atomic mass is 32.1. The van der Waals surface area contributed by atoms with Gasteiger partial charge in [0.05, 0.1) is 28.3 Å². The summed E-state index contributed by atoms with van der Waals surface area (Å²) in [6, 6.07) is 18.9. The van der Waals surface area contributed by atoms with Crippen molar-refractivity contribution < 1.29 is 24.5 Å². The summed E-state index contributed by atoms with van der Waals surface area (Å²) < 4.78 is 6.41. The van der Waals surface area contributed by atoms with Gasteiger partial charge >= 0.3 is 5.97 Å². The van der Waals surface area contributed by atoms with Crippen LogP contribution in [0, 0.1) is 0 Å². The molecule has 2 heterocycles. The molecular weight excluding hydrogens is 414 g/mol. The van der Waals surface area contributed by atoms with Crippen LogP contribution >= 0.6 is 11.3 Å². The average Bonchev–Trinajstić information content (AvgIpc) is 3.42.